The molecule has 0 bridgehead atoms. The van der Waals surface area contributed by atoms with Crippen molar-refractivity contribution in [2.75, 3.05) is 32.8 Å². The SMILES string of the molecule is O=C(NC1CCNC1)C1CCN(C(=O)CCOc2ccccc2)CC1. The topological polar surface area (TPSA) is 70.7 Å². The molecule has 0 aliphatic carbocycles. The van der Waals surface area contributed by atoms with Crippen molar-refractivity contribution < 1.29 is 14.3 Å². The number of benzene rings is 1. The molecule has 1 atom stereocenters. The Kier molecular flexibility index (Phi) is 6.28. The molecule has 2 aliphatic rings. The smallest absolute Gasteiger partial charge is 0.225 e. The Morgan fingerprint density at radius 2 is 1.92 bits per heavy atom. The first-order chi connectivity index (χ1) is 12.2. The van der Waals surface area contributed by atoms with Crippen LogP contribution in [0.3, 0.4) is 0 Å². The zero-order valence-electron chi connectivity index (χ0n) is 14.6. The normalized spacial score (nSPS) is 21.1. The van der Waals surface area contributed by atoms with E-state index in [1.165, 1.54) is 0 Å². The van der Waals surface area contributed by atoms with Crippen molar-refractivity contribution in [1.29, 1.82) is 0 Å². The lowest BCUT2D eigenvalue weighted by Gasteiger charge is -2.32. The number of likely N-dealkylation sites (tertiary alicyclic amines) is 1. The minimum Gasteiger partial charge on any atom is -0.493 e. The van der Waals surface area contributed by atoms with E-state index in [4.69, 9.17) is 4.74 Å². The molecule has 0 spiro atoms. The summed E-state index contributed by atoms with van der Waals surface area (Å²) in [6, 6.07) is 9.79. The summed E-state index contributed by atoms with van der Waals surface area (Å²) in [5.74, 6) is 1.07. The molecule has 2 N–H and O–H groups in total. The number of nitrogens with one attached hydrogen (secondary N) is 2. The Morgan fingerprint density at radius 1 is 1.16 bits per heavy atom. The summed E-state index contributed by atoms with van der Waals surface area (Å²) in [6.07, 6.45) is 2.87. The van der Waals surface area contributed by atoms with Gasteiger partial charge in [0.1, 0.15) is 5.75 Å². The minimum atomic E-state index is 0.0326. The number of hydrogen-bond acceptors (Lipinski definition) is 4. The molecule has 2 aliphatic heterocycles. The van der Waals surface area contributed by atoms with Crippen molar-refractivity contribution in [3.63, 3.8) is 0 Å². The highest BCUT2D eigenvalue weighted by Gasteiger charge is 2.28. The van der Waals surface area contributed by atoms with Gasteiger partial charge < -0.3 is 20.3 Å². The molecule has 2 fully saturated rings. The molecule has 2 saturated heterocycles. The fourth-order valence-corrected chi connectivity index (χ4v) is 3.42. The van der Waals surface area contributed by atoms with Gasteiger partial charge in [0.15, 0.2) is 0 Å². The van der Waals surface area contributed by atoms with E-state index in [1.807, 2.05) is 35.2 Å². The zero-order chi connectivity index (χ0) is 17.5. The van der Waals surface area contributed by atoms with Crippen molar-refractivity contribution in [3.8, 4) is 5.75 Å². The number of piperidine rings is 1. The lowest BCUT2D eigenvalue weighted by molar-refractivity contribution is -0.136. The number of hydrogen-bond donors (Lipinski definition) is 2. The third kappa shape index (κ3) is 5.19. The Labute approximate surface area is 148 Å². The fourth-order valence-electron chi connectivity index (χ4n) is 3.42. The predicted molar refractivity (Wildman–Crippen MR) is 95.3 cm³/mol. The molecule has 0 aromatic heterocycles. The van der Waals surface area contributed by atoms with Crippen molar-refractivity contribution in [2.45, 2.75) is 31.7 Å². The number of para-hydroxylation sites is 1. The van der Waals surface area contributed by atoms with E-state index in [0.717, 1.165) is 38.1 Å². The van der Waals surface area contributed by atoms with Crippen LogP contribution in [0.4, 0.5) is 0 Å². The van der Waals surface area contributed by atoms with Gasteiger partial charge >= 0.3 is 0 Å². The number of carbonyl (C=O) groups excluding carboxylic acids is 2. The maximum Gasteiger partial charge on any atom is 0.225 e. The Balaban J connectivity index is 1.35. The van der Waals surface area contributed by atoms with Crippen molar-refractivity contribution >= 4 is 11.8 Å². The number of carbonyl (C=O) groups is 2. The van der Waals surface area contributed by atoms with E-state index < -0.39 is 0 Å². The van der Waals surface area contributed by atoms with Gasteiger partial charge in [-0.15, -0.1) is 0 Å². The van der Waals surface area contributed by atoms with Gasteiger partial charge in [-0.1, -0.05) is 18.2 Å². The van der Waals surface area contributed by atoms with Gasteiger partial charge in [-0.05, 0) is 37.9 Å². The second-order valence-corrected chi connectivity index (χ2v) is 6.76. The molecule has 1 aromatic carbocycles. The molecule has 0 saturated carbocycles. The van der Waals surface area contributed by atoms with Gasteiger partial charge in [-0.2, -0.15) is 0 Å². The molecule has 2 heterocycles. The summed E-state index contributed by atoms with van der Waals surface area (Å²) < 4.78 is 5.58. The largest absolute Gasteiger partial charge is 0.493 e. The van der Waals surface area contributed by atoms with Crippen molar-refractivity contribution in [3.05, 3.63) is 30.3 Å². The predicted octanol–water partition coefficient (Wildman–Crippen LogP) is 1.17. The maximum absolute atomic E-state index is 12.3. The third-order valence-electron chi connectivity index (χ3n) is 4.95. The molecule has 136 valence electrons. The molecule has 1 aromatic rings. The van der Waals surface area contributed by atoms with Crippen LogP contribution in [0.2, 0.25) is 0 Å². The molecule has 1 unspecified atom stereocenters. The van der Waals surface area contributed by atoms with E-state index >= 15 is 0 Å². The third-order valence-corrected chi connectivity index (χ3v) is 4.95. The molecule has 2 amide bonds. The van der Waals surface area contributed by atoms with E-state index in [9.17, 15) is 9.59 Å². The van der Waals surface area contributed by atoms with Gasteiger partial charge in [0.25, 0.3) is 0 Å². The summed E-state index contributed by atoms with van der Waals surface area (Å²) in [6.45, 7) is 3.54. The summed E-state index contributed by atoms with van der Waals surface area (Å²) in [7, 11) is 0. The van der Waals surface area contributed by atoms with Crippen LogP contribution in [0, 0.1) is 5.92 Å². The summed E-state index contributed by atoms with van der Waals surface area (Å²) >= 11 is 0. The van der Waals surface area contributed by atoms with Gasteiger partial charge in [0.2, 0.25) is 11.8 Å². The average molecular weight is 345 g/mol. The van der Waals surface area contributed by atoms with Crippen LogP contribution in [0.25, 0.3) is 0 Å². The molecule has 25 heavy (non-hydrogen) atoms. The fraction of sp³-hybridized carbons (Fsp3) is 0.579. The second kappa shape index (κ2) is 8.85. The molecule has 6 nitrogen and oxygen atoms in total. The number of ether oxygens (including phenoxy) is 1. The standard InChI is InChI=1S/C19H27N3O3/c23-18(9-13-25-17-4-2-1-3-5-17)22-11-7-15(8-12-22)19(24)21-16-6-10-20-14-16/h1-5,15-16,20H,6-14H2,(H,21,24). The first-order valence-corrected chi connectivity index (χ1v) is 9.19. The minimum absolute atomic E-state index is 0.0326. The highest BCUT2D eigenvalue weighted by molar-refractivity contribution is 5.80. The summed E-state index contributed by atoms with van der Waals surface area (Å²) in [4.78, 5) is 26.4. The molecular weight excluding hydrogens is 318 g/mol. The number of rotatable bonds is 6. The van der Waals surface area contributed by atoms with E-state index in [2.05, 4.69) is 10.6 Å². The van der Waals surface area contributed by atoms with Crippen LogP contribution in [0.5, 0.6) is 5.75 Å². The zero-order valence-corrected chi connectivity index (χ0v) is 14.6. The van der Waals surface area contributed by atoms with E-state index in [-0.39, 0.29) is 23.8 Å². The lowest BCUT2D eigenvalue weighted by atomic mass is 9.95. The number of nitrogens with zero attached hydrogens (tertiary/aromatic N) is 1. The average Bonchev–Trinajstić information content (AvgIpc) is 3.15. The highest BCUT2D eigenvalue weighted by atomic mass is 16.5. The quantitative estimate of drug-likeness (QED) is 0.812. The van der Waals surface area contributed by atoms with Crippen LogP contribution < -0.4 is 15.4 Å². The maximum atomic E-state index is 12.3. The molecule has 3 rings (SSSR count). The van der Waals surface area contributed by atoms with Gasteiger partial charge in [-0.3, -0.25) is 9.59 Å². The van der Waals surface area contributed by atoms with Crippen molar-refractivity contribution in [1.82, 2.24) is 15.5 Å². The second-order valence-electron chi connectivity index (χ2n) is 6.76. The van der Waals surface area contributed by atoms with Gasteiger partial charge in [0, 0.05) is 31.6 Å². The highest BCUT2D eigenvalue weighted by Crippen LogP contribution is 2.19. The van der Waals surface area contributed by atoms with E-state index in [0.29, 0.717) is 26.1 Å². The molecular formula is C19H27N3O3. The molecule has 0 radical (unpaired) electrons. The van der Waals surface area contributed by atoms with Gasteiger partial charge in [-0.25, -0.2) is 0 Å². The van der Waals surface area contributed by atoms with Crippen LogP contribution in [-0.2, 0) is 9.59 Å². The van der Waals surface area contributed by atoms with Crippen molar-refractivity contribution in [2.24, 2.45) is 5.92 Å². The Bertz CT molecular complexity index is 565. The van der Waals surface area contributed by atoms with E-state index in [1.54, 1.807) is 0 Å². The molecule has 6 heteroatoms. The van der Waals surface area contributed by atoms with Crippen LogP contribution >= 0.6 is 0 Å². The number of amides is 2. The van der Waals surface area contributed by atoms with Crippen LogP contribution in [0.1, 0.15) is 25.7 Å². The summed E-state index contributed by atoms with van der Waals surface area (Å²) in [5.41, 5.74) is 0. The van der Waals surface area contributed by atoms with Crippen LogP contribution in [-0.4, -0.2) is 55.5 Å². The first-order valence-electron chi connectivity index (χ1n) is 9.19. The lowest BCUT2D eigenvalue weighted by Crippen LogP contribution is -2.46. The Hall–Kier alpha value is -2.08. The van der Waals surface area contributed by atoms with Gasteiger partial charge in [0.05, 0.1) is 13.0 Å². The monoisotopic (exact) mass is 345 g/mol. The van der Waals surface area contributed by atoms with Crippen LogP contribution in [0.15, 0.2) is 30.3 Å². The Morgan fingerprint density at radius 3 is 2.60 bits per heavy atom. The first kappa shape index (κ1) is 17.7. The summed E-state index contributed by atoms with van der Waals surface area (Å²) in [5, 5.41) is 6.37.